The summed E-state index contributed by atoms with van der Waals surface area (Å²) < 4.78 is 5.45. The number of hydrogen-bond acceptors (Lipinski definition) is 2. The fourth-order valence-corrected chi connectivity index (χ4v) is 2.73. The van der Waals surface area contributed by atoms with Crippen molar-refractivity contribution in [2.24, 2.45) is 17.6 Å². The Hall–Kier alpha value is -0.860. The maximum atomic E-state index is 5.85. The number of hydrogen-bond donors (Lipinski definition) is 1. The van der Waals surface area contributed by atoms with Crippen LogP contribution in [-0.2, 0) is 16.6 Å². The zero-order valence-electron chi connectivity index (χ0n) is 11.8. The van der Waals surface area contributed by atoms with Crippen LogP contribution in [0.5, 0.6) is 0 Å². The van der Waals surface area contributed by atoms with Gasteiger partial charge in [-0.1, -0.05) is 45.0 Å². The van der Waals surface area contributed by atoms with Gasteiger partial charge in [0.05, 0.1) is 13.2 Å². The minimum atomic E-state index is 0.158. The quantitative estimate of drug-likeness (QED) is 0.868. The molecule has 1 atom stereocenters. The third-order valence-electron chi connectivity index (χ3n) is 4.19. The topological polar surface area (TPSA) is 35.2 Å². The monoisotopic (exact) mass is 247 g/mol. The van der Waals surface area contributed by atoms with Crippen LogP contribution in [0.1, 0.15) is 31.9 Å². The van der Waals surface area contributed by atoms with E-state index in [2.05, 4.69) is 45.0 Å². The number of benzene rings is 1. The Balaban J connectivity index is 2.17. The molecule has 0 spiro atoms. The van der Waals surface area contributed by atoms with E-state index in [1.54, 1.807) is 0 Å². The van der Waals surface area contributed by atoms with Crippen molar-refractivity contribution in [1.29, 1.82) is 0 Å². The van der Waals surface area contributed by atoms with Gasteiger partial charge in [-0.05, 0) is 35.9 Å². The first-order valence-electron chi connectivity index (χ1n) is 6.95. The van der Waals surface area contributed by atoms with Crippen LogP contribution in [0.3, 0.4) is 0 Å². The van der Waals surface area contributed by atoms with E-state index in [9.17, 15) is 0 Å². The van der Waals surface area contributed by atoms with E-state index in [1.807, 2.05) is 0 Å². The summed E-state index contributed by atoms with van der Waals surface area (Å²) in [6.07, 6.45) is 1.15. The minimum absolute atomic E-state index is 0.158. The molecule has 1 aliphatic rings. The molecule has 1 heterocycles. The molecule has 1 fully saturated rings. The molecule has 0 saturated carbocycles. The predicted octanol–water partition coefficient (Wildman–Crippen LogP) is 2.75. The van der Waals surface area contributed by atoms with Crippen molar-refractivity contribution >= 4 is 0 Å². The molecule has 0 radical (unpaired) electrons. The lowest BCUT2D eigenvalue weighted by atomic mass is 9.69. The molecule has 1 aromatic carbocycles. The van der Waals surface area contributed by atoms with Crippen LogP contribution in [0.4, 0.5) is 0 Å². The summed E-state index contributed by atoms with van der Waals surface area (Å²) in [5, 5.41) is 0. The molecule has 2 rings (SSSR count). The largest absolute Gasteiger partial charge is 0.379 e. The Morgan fingerprint density at radius 2 is 1.78 bits per heavy atom. The van der Waals surface area contributed by atoms with E-state index in [-0.39, 0.29) is 5.41 Å². The minimum Gasteiger partial charge on any atom is -0.379 e. The Labute approximate surface area is 111 Å². The molecule has 1 aromatic rings. The second kappa shape index (κ2) is 5.41. The zero-order valence-corrected chi connectivity index (χ0v) is 11.8. The second-order valence-corrected chi connectivity index (χ2v) is 6.08. The van der Waals surface area contributed by atoms with Gasteiger partial charge in [0.15, 0.2) is 0 Å². The highest BCUT2D eigenvalue weighted by Gasteiger charge is 2.44. The van der Waals surface area contributed by atoms with Crippen molar-refractivity contribution in [2.45, 2.75) is 32.6 Å². The highest BCUT2D eigenvalue weighted by molar-refractivity contribution is 5.32. The molecule has 1 aliphatic heterocycles. The van der Waals surface area contributed by atoms with Gasteiger partial charge in [0.25, 0.3) is 0 Å². The van der Waals surface area contributed by atoms with Gasteiger partial charge in [0, 0.05) is 5.41 Å². The lowest BCUT2D eigenvalue weighted by Crippen LogP contribution is -2.53. The van der Waals surface area contributed by atoms with Crippen molar-refractivity contribution in [3.05, 3.63) is 35.4 Å². The molecule has 0 amide bonds. The molecule has 1 unspecified atom stereocenters. The fraction of sp³-hybridized carbons (Fsp3) is 0.625. The highest BCUT2D eigenvalue weighted by atomic mass is 16.5. The predicted molar refractivity (Wildman–Crippen MR) is 75.7 cm³/mol. The van der Waals surface area contributed by atoms with E-state index >= 15 is 0 Å². The van der Waals surface area contributed by atoms with Gasteiger partial charge in [-0.15, -0.1) is 0 Å². The molecule has 2 N–H and O–H groups in total. The maximum Gasteiger partial charge on any atom is 0.0588 e. The van der Waals surface area contributed by atoms with Gasteiger partial charge in [-0.25, -0.2) is 0 Å². The van der Waals surface area contributed by atoms with Crippen molar-refractivity contribution in [3.8, 4) is 0 Å². The third-order valence-corrected chi connectivity index (χ3v) is 4.19. The summed E-state index contributed by atoms with van der Waals surface area (Å²) in [6.45, 7) is 9.09. The summed E-state index contributed by atoms with van der Waals surface area (Å²) in [4.78, 5) is 0. The van der Waals surface area contributed by atoms with Crippen molar-refractivity contribution in [3.63, 3.8) is 0 Å². The van der Waals surface area contributed by atoms with Crippen LogP contribution in [0, 0.1) is 11.8 Å². The van der Waals surface area contributed by atoms with Crippen LogP contribution in [0.15, 0.2) is 24.3 Å². The normalized spacial score (nSPS) is 19.6. The summed E-state index contributed by atoms with van der Waals surface area (Å²) in [5.74, 6) is 1.18. The molecule has 0 aromatic heterocycles. The first kappa shape index (κ1) is 13.6. The highest BCUT2D eigenvalue weighted by Crippen LogP contribution is 2.39. The smallest absolute Gasteiger partial charge is 0.0588 e. The summed E-state index contributed by atoms with van der Waals surface area (Å²) in [6, 6.07) is 9.07. The van der Waals surface area contributed by atoms with Crippen LogP contribution in [0.2, 0.25) is 0 Å². The fourth-order valence-electron chi connectivity index (χ4n) is 2.73. The average Bonchev–Trinajstić information content (AvgIpc) is 2.29. The molecule has 2 heteroatoms. The van der Waals surface area contributed by atoms with Gasteiger partial charge < -0.3 is 10.5 Å². The van der Waals surface area contributed by atoms with Gasteiger partial charge in [0.2, 0.25) is 0 Å². The molecular weight excluding hydrogens is 222 g/mol. The summed E-state index contributed by atoms with van der Waals surface area (Å²) in [7, 11) is 0. The van der Waals surface area contributed by atoms with Gasteiger partial charge in [0.1, 0.15) is 0 Å². The lowest BCUT2D eigenvalue weighted by Gasteiger charge is -2.46. The molecule has 0 bridgehead atoms. The standard InChI is InChI=1S/C16H25NO/c1-12(2)8-14-4-6-15(7-5-14)16(10-18-11-16)13(3)9-17/h4-7,12-13H,8-11,17H2,1-3H3. The third kappa shape index (κ3) is 2.45. The number of nitrogens with two attached hydrogens (primary N) is 1. The van der Waals surface area contributed by atoms with E-state index in [1.165, 1.54) is 11.1 Å². The van der Waals surface area contributed by atoms with Crippen molar-refractivity contribution < 1.29 is 4.74 Å². The van der Waals surface area contributed by atoms with E-state index in [0.29, 0.717) is 11.8 Å². The van der Waals surface area contributed by atoms with Crippen LogP contribution < -0.4 is 5.73 Å². The van der Waals surface area contributed by atoms with E-state index < -0.39 is 0 Å². The Morgan fingerprint density at radius 1 is 1.17 bits per heavy atom. The second-order valence-electron chi connectivity index (χ2n) is 6.08. The van der Waals surface area contributed by atoms with Crippen LogP contribution in [-0.4, -0.2) is 19.8 Å². The molecule has 1 saturated heterocycles. The number of rotatable bonds is 5. The SMILES string of the molecule is CC(C)Cc1ccc(C2(C(C)CN)COC2)cc1. The van der Waals surface area contributed by atoms with Crippen molar-refractivity contribution in [2.75, 3.05) is 19.8 Å². The molecule has 0 aliphatic carbocycles. The van der Waals surface area contributed by atoms with Gasteiger partial charge in [-0.2, -0.15) is 0 Å². The first-order chi connectivity index (χ1) is 8.58. The lowest BCUT2D eigenvalue weighted by molar-refractivity contribution is -0.0854. The van der Waals surface area contributed by atoms with Gasteiger partial charge in [-0.3, -0.25) is 0 Å². The average molecular weight is 247 g/mol. The summed E-state index contributed by atoms with van der Waals surface area (Å²) in [5.41, 5.74) is 8.81. The maximum absolute atomic E-state index is 5.85. The Bertz CT molecular complexity index is 379. The first-order valence-corrected chi connectivity index (χ1v) is 6.95. The number of ether oxygens (including phenoxy) is 1. The van der Waals surface area contributed by atoms with E-state index in [4.69, 9.17) is 10.5 Å². The zero-order chi connectivity index (χ0) is 13.2. The molecule has 18 heavy (non-hydrogen) atoms. The van der Waals surface area contributed by atoms with Crippen LogP contribution in [0.25, 0.3) is 0 Å². The van der Waals surface area contributed by atoms with Gasteiger partial charge >= 0.3 is 0 Å². The molecule has 100 valence electrons. The molecule has 2 nitrogen and oxygen atoms in total. The Morgan fingerprint density at radius 3 is 2.17 bits per heavy atom. The summed E-state index contributed by atoms with van der Waals surface area (Å²) >= 11 is 0. The van der Waals surface area contributed by atoms with Crippen molar-refractivity contribution in [1.82, 2.24) is 0 Å². The van der Waals surface area contributed by atoms with E-state index in [0.717, 1.165) is 26.2 Å². The van der Waals surface area contributed by atoms with Crippen LogP contribution >= 0.6 is 0 Å². The molecular formula is C16H25NO. The Kier molecular flexibility index (Phi) is 4.08.